The number of para-hydroxylation sites is 2. The lowest BCUT2D eigenvalue weighted by molar-refractivity contribution is 0.378. The molecule has 142 valence electrons. The first-order valence-corrected chi connectivity index (χ1v) is 9.27. The molecule has 0 bridgehead atoms. The highest BCUT2D eigenvalue weighted by molar-refractivity contribution is 14.0. The molecule has 0 saturated carbocycles. The van der Waals surface area contributed by atoms with Crippen LogP contribution in [-0.2, 0) is 19.5 Å². The van der Waals surface area contributed by atoms with E-state index in [0.29, 0.717) is 0 Å². The van der Waals surface area contributed by atoms with E-state index < -0.39 is 0 Å². The van der Waals surface area contributed by atoms with Crippen molar-refractivity contribution in [2.45, 2.75) is 25.9 Å². The minimum absolute atomic E-state index is 0. The van der Waals surface area contributed by atoms with Gasteiger partial charge in [-0.1, -0.05) is 36.4 Å². The van der Waals surface area contributed by atoms with E-state index in [4.69, 9.17) is 0 Å². The quantitative estimate of drug-likeness (QED) is 0.271. The van der Waals surface area contributed by atoms with Crippen molar-refractivity contribution in [2.75, 3.05) is 20.1 Å². The van der Waals surface area contributed by atoms with E-state index in [0.717, 1.165) is 50.5 Å². The number of nitrogens with zero attached hydrogens (tertiary/aromatic N) is 4. The molecule has 27 heavy (non-hydrogen) atoms. The molecular formula is C21H26IN5. The number of guanidine groups is 1. The van der Waals surface area contributed by atoms with Crippen molar-refractivity contribution < 1.29 is 0 Å². The zero-order chi connectivity index (χ0) is 17.8. The normalized spacial score (nSPS) is 14.0. The fourth-order valence-electron chi connectivity index (χ4n) is 3.65. The molecular weight excluding hydrogens is 449 g/mol. The monoisotopic (exact) mass is 475 g/mol. The summed E-state index contributed by atoms with van der Waals surface area (Å²) in [5, 5.41) is 3.52. The third kappa shape index (κ3) is 4.43. The molecule has 4 rings (SSSR count). The predicted molar refractivity (Wildman–Crippen MR) is 122 cm³/mol. The van der Waals surface area contributed by atoms with Crippen LogP contribution in [0.15, 0.2) is 59.9 Å². The maximum atomic E-state index is 4.48. The Morgan fingerprint density at radius 1 is 1.11 bits per heavy atom. The number of hydrogen-bond donors (Lipinski definition) is 1. The summed E-state index contributed by atoms with van der Waals surface area (Å²) in [6.07, 6.45) is 4.04. The van der Waals surface area contributed by atoms with E-state index in [-0.39, 0.29) is 24.0 Å². The Morgan fingerprint density at radius 3 is 2.74 bits per heavy atom. The molecule has 0 unspecified atom stereocenters. The van der Waals surface area contributed by atoms with Crippen LogP contribution in [0.1, 0.15) is 17.5 Å². The SMILES string of the molecule is CN=C(NCCCn1cnc2ccccc21)N1CCc2ccccc2C1.I. The van der Waals surface area contributed by atoms with Gasteiger partial charge in [0.2, 0.25) is 0 Å². The van der Waals surface area contributed by atoms with Crippen molar-refractivity contribution in [1.82, 2.24) is 19.8 Å². The number of aromatic nitrogens is 2. The molecule has 3 aromatic rings. The Kier molecular flexibility index (Phi) is 6.71. The third-order valence-corrected chi connectivity index (χ3v) is 5.03. The summed E-state index contributed by atoms with van der Waals surface area (Å²) < 4.78 is 2.22. The number of hydrogen-bond acceptors (Lipinski definition) is 2. The van der Waals surface area contributed by atoms with Gasteiger partial charge in [-0.3, -0.25) is 4.99 Å². The number of rotatable bonds is 4. The summed E-state index contributed by atoms with van der Waals surface area (Å²) >= 11 is 0. The van der Waals surface area contributed by atoms with Gasteiger partial charge in [-0.2, -0.15) is 0 Å². The van der Waals surface area contributed by atoms with Crippen molar-refractivity contribution in [3.8, 4) is 0 Å². The second-order valence-electron chi connectivity index (χ2n) is 6.69. The fourth-order valence-corrected chi connectivity index (χ4v) is 3.65. The molecule has 0 fully saturated rings. The van der Waals surface area contributed by atoms with Crippen LogP contribution in [0.5, 0.6) is 0 Å². The molecule has 2 heterocycles. The Morgan fingerprint density at radius 2 is 1.89 bits per heavy atom. The van der Waals surface area contributed by atoms with Gasteiger partial charge in [0.25, 0.3) is 0 Å². The first kappa shape index (κ1) is 19.7. The maximum Gasteiger partial charge on any atom is 0.193 e. The molecule has 1 aliphatic heterocycles. The molecule has 0 atom stereocenters. The van der Waals surface area contributed by atoms with Gasteiger partial charge in [0, 0.05) is 33.2 Å². The van der Waals surface area contributed by atoms with Gasteiger partial charge < -0.3 is 14.8 Å². The smallest absolute Gasteiger partial charge is 0.193 e. The molecule has 5 nitrogen and oxygen atoms in total. The third-order valence-electron chi connectivity index (χ3n) is 5.03. The largest absolute Gasteiger partial charge is 0.356 e. The summed E-state index contributed by atoms with van der Waals surface area (Å²) in [6.45, 7) is 3.80. The van der Waals surface area contributed by atoms with E-state index in [9.17, 15) is 0 Å². The van der Waals surface area contributed by atoms with Crippen LogP contribution in [-0.4, -0.2) is 40.5 Å². The van der Waals surface area contributed by atoms with E-state index >= 15 is 0 Å². The van der Waals surface area contributed by atoms with Crippen molar-refractivity contribution in [1.29, 1.82) is 0 Å². The fraction of sp³-hybridized carbons (Fsp3) is 0.333. The van der Waals surface area contributed by atoms with Crippen molar-refractivity contribution in [2.24, 2.45) is 4.99 Å². The highest BCUT2D eigenvalue weighted by atomic mass is 127. The molecule has 0 saturated heterocycles. The summed E-state index contributed by atoms with van der Waals surface area (Å²) in [7, 11) is 1.87. The topological polar surface area (TPSA) is 45.5 Å². The molecule has 0 radical (unpaired) electrons. The second-order valence-corrected chi connectivity index (χ2v) is 6.69. The van der Waals surface area contributed by atoms with E-state index in [1.54, 1.807) is 0 Å². The average Bonchev–Trinajstić information content (AvgIpc) is 3.11. The lowest BCUT2D eigenvalue weighted by Crippen LogP contribution is -2.44. The Balaban J connectivity index is 0.00000210. The van der Waals surface area contributed by atoms with Crippen LogP contribution >= 0.6 is 24.0 Å². The first-order valence-electron chi connectivity index (χ1n) is 9.27. The van der Waals surface area contributed by atoms with E-state index in [1.807, 2.05) is 19.4 Å². The highest BCUT2D eigenvalue weighted by Crippen LogP contribution is 2.18. The summed E-state index contributed by atoms with van der Waals surface area (Å²) in [4.78, 5) is 11.3. The van der Waals surface area contributed by atoms with E-state index in [1.165, 1.54) is 16.6 Å². The zero-order valence-corrected chi connectivity index (χ0v) is 18.0. The number of benzene rings is 2. The molecule has 2 aromatic carbocycles. The van der Waals surface area contributed by atoms with Gasteiger partial charge in [0.1, 0.15) is 0 Å². The predicted octanol–water partition coefficient (Wildman–Crippen LogP) is 3.68. The number of imidazole rings is 1. The van der Waals surface area contributed by atoms with Gasteiger partial charge in [-0.25, -0.2) is 4.98 Å². The van der Waals surface area contributed by atoms with E-state index in [2.05, 4.69) is 67.2 Å². The van der Waals surface area contributed by atoms with Crippen LogP contribution in [0.25, 0.3) is 11.0 Å². The lowest BCUT2D eigenvalue weighted by Gasteiger charge is -2.31. The Bertz CT molecular complexity index is 918. The summed E-state index contributed by atoms with van der Waals surface area (Å²) in [6, 6.07) is 17.0. The molecule has 1 aliphatic rings. The average molecular weight is 475 g/mol. The number of aryl methyl sites for hydroxylation is 1. The van der Waals surface area contributed by atoms with Gasteiger partial charge in [0.05, 0.1) is 17.4 Å². The lowest BCUT2D eigenvalue weighted by atomic mass is 10.0. The minimum Gasteiger partial charge on any atom is -0.356 e. The van der Waals surface area contributed by atoms with Crippen LogP contribution in [0.2, 0.25) is 0 Å². The maximum absolute atomic E-state index is 4.48. The zero-order valence-electron chi connectivity index (χ0n) is 15.6. The second kappa shape index (κ2) is 9.21. The Hall–Kier alpha value is -2.09. The van der Waals surface area contributed by atoms with Crippen LogP contribution in [0.3, 0.4) is 0 Å². The van der Waals surface area contributed by atoms with Crippen molar-refractivity contribution in [3.05, 3.63) is 66.0 Å². The highest BCUT2D eigenvalue weighted by Gasteiger charge is 2.18. The first-order chi connectivity index (χ1) is 12.8. The number of aliphatic imine (C=N–C) groups is 1. The van der Waals surface area contributed by atoms with Crippen LogP contribution in [0, 0.1) is 0 Å². The minimum atomic E-state index is 0. The molecule has 0 amide bonds. The summed E-state index contributed by atoms with van der Waals surface area (Å²) in [5.41, 5.74) is 5.13. The Labute approximate surface area is 177 Å². The van der Waals surface area contributed by atoms with Gasteiger partial charge in [-0.15, -0.1) is 24.0 Å². The van der Waals surface area contributed by atoms with Gasteiger partial charge >= 0.3 is 0 Å². The van der Waals surface area contributed by atoms with Crippen molar-refractivity contribution >= 4 is 41.0 Å². The van der Waals surface area contributed by atoms with Crippen molar-refractivity contribution in [3.63, 3.8) is 0 Å². The molecule has 1 N–H and O–H groups in total. The standard InChI is InChI=1S/C21H25N5.HI/c1-22-21(25-14-11-17-7-2-3-8-18(17)15-25)23-12-6-13-26-16-24-19-9-4-5-10-20(19)26;/h2-5,7-10,16H,6,11-15H2,1H3,(H,22,23);1H. The number of nitrogens with one attached hydrogen (secondary N) is 1. The van der Waals surface area contributed by atoms with Crippen LogP contribution in [0.4, 0.5) is 0 Å². The number of fused-ring (bicyclic) bond motifs is 2. The summed E-state index contributed by atoms with van der Waals surface area (Å²) in [5.74, 6) is 0.995. The van der Waals surface area contributed by atoms with Gasteiger partial charge in [-0.05, 0) is 36.1 Å². The van der Waals surface area contributed by atoms with Gasteiger partial charge in [0.15, 0.2) is 5.96 Å². The molecule has 0 spiro atoms. The molecule has 1 aromatic heterocycles. The number of halogens is 1. The molecule has 0 aliphatic carbocycles. The van der Waals surface area contributed by atoms with Crippen LogP contribution < -0.4 is 5.32 Å². The molecule has 6 heteroatoms.